The van der Waals surface area contributed by atoms with Gasteiger partial charge in [-0.2, -0.15) is 0 Å². The fourth-order valence-corrected chi connectivity index (χ4v) is 20.8. The van der Waals surface area contributed by atoms with Crippen LogP contribution in [-0.2, 0) is 70.9 Å². The average molecular weight is 2030 g/mol. The summed E-state index contributed by atoms with van der Waals surface area (Å²) in [5.74, 6) is 4.24. The number of carbonyl (C=O) groups is 3. The van der Waals surface area contributed by atoms with Gasteiger partial charge in [0.15, 0.2) is 34.5 Å². The molecule has 1 unspecified atom stereocenters. The number of hydrogen-bond acceptors (Lipinski definition) is 24. The van der Waals surface area contributed by atoms with E-state index in [2.05, 4.69) is 27.2 Å². The molecule has 1 heterocycles. The summed E-state index contributed by atoms with van der Waals surface area (Å²) >= 11 is 6.28. The number of nitrogens with zero attached hydrogens (tertiary/aromatic N) is 5. The van der Waals surface area contributed by atoms with Crippen molar-refractivity contribution in [3.63, 3.8) is 0 Å². The van der Waals surface area contributed by atoms with Crippen LogP contribution in [0.3, 0.4) is 0 Å². The lowest BCUT2D eigenvalue weighted by Gasteiger charge is -2.33. The van der Waals surface area contributed by atoms with Gasteiger partial charge in [0.1, 0.15) is 42.6 Å². The van der Waals surface area contributed by atoms with Gasteiger partial charge in [0.25, 0.3) is 40.1 Å². The fourth-order valence-electron chi connectivity index (χ4n) is 14.4. The summed E-state index contributed by atoms with van der Waals surface area (Å²) in [5, 5.41) is 12.1. The van der Waals surface area contributed by atoms with Crippen LogP contribution in [0.15, 0.2) is 286 Å². The third kappa shape index (κ3) is 26.4. The minimum atomic E-state index is -4.26. The van der Waals surface area contributed by atoms with Crippen LogP contribution in [-0.4, -0.2) is 170 Å². The molecule has 32 nitrogen and oxygen atoms in total. The Morgan fingerprint density at radius 1 is 0.429 bits per heavy atom. The molecule has 0 fully saturated rings. The van der Waals surface area contributed by atoms with E-state index in [-0.39, 0.29) is 72.2 Å². The quantitative estimate of drug-likeness (QED) is 0.0265. The molecule has 38 heteroatoms. The predicted molar refractivity (Wildman–Crippen MR) is 546 cm³/mol. The van der Waals surface area contributed by atoms with Crippen LogP contribution < -0.4 is 90.2 Å². The smallest absolute Gasteiger partial charge is 0.265 e. The number of para-hydroxylation sites is 2. The van der Waals surface area contributed by atoms with Gasteiger partial charge in [-0.1, -0.05) is 121 Å². The van der Waals surface area contributed by atoms with E-state index in [0.29, 0.717) is 91.2 Å². The number of allylic oxidation sites excluding steroid dienone is 1. The third-order valence-electron chi connectivity index (χ3n) is 21.9. The van der Waals surface area contributed by atoms with Crippen molar-refractivity contribution >= 4 is 131 Å². The third-order valence-corrected chi connectivity index (χ3v) is 30.4. The molecular weight excluding hydrogens is 1910 g/mol. The Kier molecular flexibility index (Phi) is 36.7. The molecule has 3 amide bonds. The zero-order valence-electron chi connectivity index (χ0n) is 80.1. The molecule has 0 radical (unpaired) electrons. The van der Waals surface area contributed by atoms with Crippen molar-refractivity contribution in [1.82, 2.24) is 5.32 Å². The van der Waals surface area contributed by atoms with Gasteiger partial charge in [-0.15, -0.1) is 6.42 Å². The number of benzene rings is 12. The Morgan fingerprint density at radius 2 is 0.886 bits per heavy atom. The number of nitrogens with one attached hydrogen (secondary N) is 4. The maximum Gasteiger partial charge on any atom is 0.265 e. The van der Waals surface area contributed by atoms with E-state index in [1.165, 1.54) is 153 Å². The Labute approximate surface area is 823 Å². The normalized spacial score (nSPS) is 11.9. The van der Waals surface area contributed by atoms with E-state index in [1.807, 2.05) is 77.1 Å². The molecule has 12 aromatic carbocycles. The molecule has 0 saturated carbocycles. The first-order valence-corrected chi connectivity index (χ1v) is 50.9. The number of carbonyl (C=O) groups excluding carboxylic acids is 3. The molecule has 1 atom stereocenters. The largest absolute Gasteiger partial charge is 0.497 e. The second kappa shape index (κ2) is 48.0. The minimum Gasteiger partial charge on any atom is -0.497 e. The van der Waals surface area contributed by atoms with Crippen LogP contribution in [0.1, 0.15) is 60.2 Å². The van der Waals surface area contributed by atoms with Crippen molar-refractivity contribution in [2.24, 2.45) is 0 Å². The first kappa shape index (κ1) is 107. The standard InChI is InChI=1S/C27H32N2O6S.C26H28ClN3O6S2.C25H28N2O7S.C24H22N2O4S/c1-6-20-12-14-24(33-3)23(16-20)29(18-27(30)28-19(2)21-10-8-7-9-11-21)36(31,32)22-13-15-25(34-4)26(17-22)35-5;1-17-22-11-9-18(27)13-24(22)30(38(33,34)21-10-12-25(35-3)26(15-21)36-4)16-23(17)28-19-7-6-8-20(14-19)29(2)37(5,31)32;1-17-7-6-8-18(13-17)26-25(28)16-27(21-14-19(31-2)9-11-22(21)32-3)35(29,30)20-10-12-23(33-4)24(15-20)34-5;1-4-19-8-7-9-20(16-19)25-24(27)17-26(22-10-5-6-11-23(22)30-3)31(28,29)21-14-12-18(2)13-15-21/h7-17,19H,6,18H2,1-5H3,(H,28,30);6-15,28H,16H2,1-5H3;6-15H,16H2,1-5H3,(H,26,28);1,5-16H,17H2,2-3H3,(H,25,27). The Hall–Kier alpha value is -14.8. The van der Waals surface area contributed by atoms with Crippen LogP contribution in [0.25, 0.3) is 5.57 Å². The predicted octanol–water partition coefficient (Wildman–Crippen LogP) is 16.8. The highest BCUT2D eigenvalue weighted by Gasteiger charge is 2.37. The molecule has 0 aromatic heterocycles. The first-order valence-electron chi connectivity index (χ1n) is 42.9. The van der Waals surface area contributed by atoms with Crippen LogP contribution in [0.2, 0.25) is 5.02 Å². The van der Waals surface area contributed by atoms with Crippen molar-refractivity contribution in [1.29, 1.82) is 0 Å². The molecule has 140 heavy (non-hydrogen) atoms. The summed E-state index contributed by atoms with van der Waals surface area (Å²) in [6, 6.07) is 71.1. The van der Waals surface area contributed by atoms with Crippen molar-refractivity contribution in [3.05, 3.63) is 305 Å². The summed E-state index contributed by atoms with van der Waals surface area (Å²) in [6.07, 6.45) is 7.21. The Balaban J connectivity index is 0.000000193. The molecule has 1 aliphatic heterocycles. The molecule has 738 valence electrons. The van der Waals surface area contributed by atoms with Gasteiger partial charge < -0.3 is 68.6 Å². The van der Waals surface area contributed by atoms with Gasteiger partial charge in [-0.25, -0.2) is 42.1 Å². The molecule has 0 aliphatic carbocycles. The van der Waals surface area contributed by atoms with E-state index < -0.39 is 87.5 Å². The minimum absolute atomic E-state index is 0.0119. The van der Waals surface area contributed by atoms with Crippen LogP contribution >= 0.6 is 11.6 Å². The molecule has 12 aromatic rings. The van der Waals surface area contributed by atoms with Gasteiger partial charge >= 0.3 is 0 Å². The monoisotopic (exact) mass is 2020 g/mol. The number of anilines is 8. The number of ether oxygens (including phenoxy) is 10. The van der Waals surface area contributed by atoms with E-state index in [9.17, 15) is 56.5 Å². The number of halogens is 1. The maximum atomic E-state index is 14.0. The SMILES string of the molecule is C#Cc1cccc(NC(=O)CN(c2ccccc2OC)S(=O)(=O)c2ccc(C)cc2)c1.CCc1ccc(OC)c(N(CC(=O)NC(C)c2ccccc2)S(=O)(=O)c2ccc(OC)c(OC)c2)c1.COc1ccc(OC)c(N(CC(=O)Nc2cccc(C)c2)S(=O)(=O)c2ccc(OC)c(OC)c2)c1.COc1ccc(S(=O)(=O)N2CC(Nc3cccc(N(C)S(C)(=O)=O)c3)=C(C)c3ccc(Cl)cc32)cc1OC. The molecule has 0 spiro atoms. The summed E-state index contributed by atoms with van der Waals surface area (Å²) in [7, 11) is -4.10. The molecule has 4 N–H and O–H groups in total. The second-order valence-corrected chi connectivity index (χ2v) is 40.9. The number of sulfonamides is 5. The van der Waals surface area contributed by atoms with Gasteiger partial charge in [-0.3, -0.25) is 35.9 Å². The van der Waals surface area contributed by atoms with E-state index >= 15 is 0 Å². The molecule has 13 rings (SSSR count). The summed E-state index contributed by atoms with van der Waals surface area (Å²) in [5.41, 5.74) is 9.66. The van der Waals surface area contributed by atoms with Crippen LogP contribution in [0, 0.1) is 26.2 Å². The second-order valence-electron chi connectivity index (χ2n) is 31.0. The zero-order valence-corrected chi connectivity index (χ0v) is 84.9. The van der Waals surface area contributed by atoms with Gasteiger partial charge in [0, 0.05) is 70.2 Å². The van der Waals surface area contributed by atoms with E-state index in [1.54, 1.807) is 152 Å². The fraction of sp³-hybridized carbons (Fsp3) is 0.225. The summed E-state index contributed by atoms with van der Waals surface area (Å²) in [4.78, 5) is 39.0. The van der Waals surface area contributed by atoms with Crippen molar-refractivity contribution in [2.45, 2.75) is 66.7 Å². The average Bonchev–Trinajstić information content (AvgIpc) is 0.718. The highest BCUT2D eigenvalue weighted by Crippen LogP contribution is 2.44. The maximum absolute atomic E-state index is 14.0. The highest BCUT2D eigenvalue weighted by atomic mass is 35.5. The molecule has 0 saturated heterocycles. The molecular formula is C102H110ClN9O23S5. The number of methoxy groups -OCH3 is 10. The number of fused-ring (bicyclic) bond motifs is 1. The Bertz CT molecular complexity index is 7160. The molecule has 1 aliphatic rings. The van der Waals surface area contributed by atoms with Crippen molar-refractivity contribution in [3.8, 4) is 69.8 Å². The summed E-state index contributed by atoms with van der Waals surface area (Å²) in [6.45, 7) is 8.04. The number of amides is 3. The van der Waals surface area contributed by atoms with E-state index in [4.69, 9.17) is 65.4 Å². The molecule has 0 bridgehead atoms. The lowest BCUT2D eigenvalue weighted by Crippen LogP contribution is -2.41. The van der Waals surface area contributed by atoms with Gasteiger partial charge in [0.05, 0.1) is 138 Å². The zero-order chi connectivity index (χ0) is 102. The van der Waals surface area contributed by atoms with Crippen LogP contribution in [0.4, 0.5) is 45.5 Å². The lowest BCUT2D eigenvalue weighted by atomic mass is 9.99. The number of rotatable bonds is 36. The number of aryl methyl sites for hydroxylation is 3. The Morgan fingerprint density at radius 3 is 1.41 bits per heavy atom. The van der Waals surface area contributed by atoms with Gasteiger partial charge in [-0.05, 0) is 202 Å². The lowest BCUT2D eigenvalue weighted by molar-refractivity contribution is -0.120. The van der Waals surface area contributed by atoms with Crippen molar-refractivity contribution in [2.75, 3.05) is 148 Å². The highest BCUT2D eigenvalue weighted by molar-refractivity contribution is 7.94. The topological polar surface area (TPSA) is 379 Å². The summed E-state index contributed by atoms with van der Waals surface area (Å²) < 4.78 is 193. The van der Waals surface area contributed by atoms with Crippen LogP contribution in [0.5, 0.6) is 57.5 Å². The first-order chi connectivity index (χ1) is 66.7. The van der Waals surface area contributed by atoms with Crippen molar-refractivity contribution < 1.29 is 104 Å². The van der Waals surface area contributed by atoms with E-state index in [0.717, 1.165) is 47.0 Å². The number of terminal acetylenes is 1. The number of hydrogen-bond donors (Lipinski definition) is 4. The van der Waals surface area contributed by atoms with Gasteiger partial charge in [0.2, 0.25) is 27.7 Å².